The summed E-state index contributed by atoms with van der Waals surface area (Å²) in [6, 6.07) is 0. The van der Waals surface area contributed by atoms with Crippen LogP contribution in [0.5, 0.6) is 0 Å². The highest BCUT2D eigenvalue weighted by atomic mass is 16.1. The van der Waals surface area contributed by atoms with E-state index in [9.17, 15) is 4.79 Å². The third-order valence-corrected chi connectivity index (χ3v) is 4.95. The topological polar surface area (TPSA) is 35.6 Å². The van der Waals surface area contributed by atoms with Gasteiger partial charge in [-0.25, -0.2) is 0 Å². The Labute approximate surface area is 135 Å². The summed E-state index contributed by atoms with van der Waals surface area (Å²) in [7, 11) is 0. The van der Waals surface area contributed by atoms with Crippen LogP contribution in [-0.2, 0) is 4.79 Å². The van der Waals surface area contributed by atoms with Gasteiger partial charge in [0.25, 0.3) is 0 Å². The molecule has 0 aromatic heterocycles. The molecule has 0 spiro atoms. The molecule has 2 heterocycles. The fourth-order valence-corrected chi connectivity index (χ4v) is 3.94. The molecule has 0 saturated carbocycles. The van der Waals surface area contributed by atoms with E-state index in [2.05, 4.69) is 34.9 Å². The molecule has 2 aliphatic heterocycles. The number of carbonyl (C=O) groups is 1. The highest BCUT2D eigenvalue weighted by Crippen LogP contribution is 2.20. The lowest BCUT2D eigenvalue weighted by atomic mass is 9.92. The molecule has 2 aliphatic rings. The molecule has 0 aromatic rings. The summed E-state index contributed by atoms with van der Waals surface area (Å²) in [5.74, 6) is 4.64. The van der Waals surface area contributed by atoms with Gasteiger partial charge in [-0.05, 0) is 44.2 Å². The van der Waals surface area contributed by atoms with Gasteiger partial charge in [0.2, 0.25) is 5.91 Å². The largest absolute Gasteiger partial charge is 0.355 e. The van der Waals surface area contributed by atoms with E-state index in [0.29, 0.717) is 6.54 Å². The first-order valence-corrected chi connectivity index (χ1v) is 8.74. The second kappa shape index (κ2) is 8.55. The van der Waals surface area contributed by atoms with Gasteiger partial charge < -0.3 is 10.2 Å². The molecule has 2 atom stereocenters. The van der Waals surface area contributed by atoms with Crippen molar-refractivity contribution in [1.82, 2.24) is 15.1 Å². The summed E-state index contributed by atoms with van der Waals surface area (Å²) < 4.78 is 0. The predicted molar refractivity (Wildman–Crippen MR) is 90.4 cm³/mol. The molecule has 22 heavy (non-hydrogen) atoms. The first-order valence-electron chi connectivity index (χ1n) is 8.74. The van der Waals surface area contributed by atoms with E-state index in [1.807, 2.05) is 0 Å². The van der Waals surface area contributed by atoms with Gasteiger partial charge in [0.05, 0.1) is 6.54 Å². The van der Waals surface area contributed by atoms with Crippen LogP contribution < -0.4 is 5.32 Å². The van der Waals surface area contributed by atoms with Gasteiger partial charge >= 0.3 is 0 Å². The predicted octanol–water partition coefficient (Wildman–Crippen LogP) is 1.43. The van der Waals surface area contributed by atoms with Gasteiger partial charge in [0, 0.05) is 32.1 Å². The van der Waals surface area contributed by atoms with Crippen LogP contribution in [0.1, 0.15) is 33.1 Å². The highest BCUT2D eigenvalue weighted by Gasteiger charge is 2.25. The average molecular weight is 305 g/mol. The van der Waals surface area contributed by atoms with Crippen LogP contribution >= 0.6 is 0 Å². The number of likely N-dealkylation sites (tertiary alicyclic amines) is 2. The molecule has 0 radical (unpaired) electrons. The van der Waals surface area contributed by atoms with Crippen molar-refractivity contribution in [3.8, 4) is 12.3 Å². The van der Waals surface area contributed by atoms with Crippen LogP contribution in [0.25, 0.3) is 0 Å². The second-order valence-corrected chi connectivity index (χ2v) is 7.25. The molecule has 124 valence electrons. The van der Waals surface area contributed by atoms with Gasteiger partial charge in [-0.1, -0.05) is 19.8 Å². The van der Waals surface area contributed by atoms with Crippen molar-refractivity contribution in [2.24, 2.45) is 17.8 Å². The SMILES string of the molecule is C#CCN1CCC(C(=O)NCCN2C[C@H](C)C[C@H](C)C2)CC1. The molecule has 0 aliphatic carbocycles. The zero-order chi connectivity index (χ0) is 15.9. The first kappa shape index (κ1) is 17.3. The molecule has 4 nitrogen and oxygen atoms in total. The van der Waals surface area contributed by atoms with Crippen molar-refractivity contribution in [1.29, 1.82) is 0 Å². The molecule has 2 rings (SSSR count). The Hall–Kier alpha value is -1.05. The van der Waals surface area contributed by atoms with Gasteiger partial charge in [-0.15, -0.1) is 6.42 Å². The number of hydrogen-bond acceptors (Lipinski definition) is 3. The van der Waals surface area contributed by atoms with E-state index in [4.69, 9.17) is 6.42 Å². The number of carbonyl (C=O) groups excluding carboxylic acids is 1. The Morgan fingerprint density at radius 2 is 1.82 bits per heavy atom. The molecule has 1 amide bonds. The van der Waals surface area contributed by atoms with E-state index < -0.39 is 0 Å². The zero-order valence-electron chi connectivity index (χ0n) is 14.2. The van der Waals surface area contributed by atoms with Gasteiger partial charge in [0.1, 0.15) is 0 Å². The Morgan fingerprint density at radius 1 is 1.18 bits per heavy atom. The lowest BCUT2D eigenvalue weighted by Gasteiger charge is -2.35. The lowest BCUT2D eigenvalue weighted by Crippen LogP contribution is -2.45. The van der Waals surface area contributed by atoms with E-state index in [1.165, 1.54) is 19.5 Å². The third-order valence-electron chi connectivity index (χ3n) is 4.95. The van der Waals surface area contributed by atoms with Gasteiger partial charge in [-0.3, -0.25) is 9.69 Å². The summed E-state index contributed by atoms with van der Waals surface area (Å²) >= 11 is 0. The normalized spacial score (nSPS) is 28.2. The van der Waals surface area contributed by atoms with Crippen LogP contribution in [0.15, 0.2) is 0 Å². The van der Waals surface area contributed by atoms with Crippen LogP contribution in [0, 0.1) is 30.1 Å². The molecule has 1 N–H and O–H groups in total. The standard InChI is InChI=1S/C18H31N3O/c1-4-8-20-9-5-17(6-10-20)18(22)19-7-11-21-13-15(2)12-16(3)14-21/h1,15-17H,5-14H2,2-3H3,(H,19,22)/t15-,16+. The molecule has 4 heteroatoms. The third kappa shape index (κ3) is 5.30. The van der Waals surface area contributed by atoms with Crippen molar-refractivity contribution < 1.29 is 4.79 Å². The Morgan fingerprint density at radius 3 is 2.41 bits per heavy atom. The highest BCUT2D eigenvalue weighted by molar-refractivity contribution is 5.78. The Kier molecular flexibility index (Phi) is 6.72. The number of terminal acetylenes is 1. The van der Waals surface area contributed by atoms with E-state index in [-0.39, 0.29) is 11.8 Å². The number of piperidine rings is 2. The van der Waals surface area contributed by atoms with Crippen molar-refractivity contribution in [3.63, 3.8) is 0 Å². The van der Waals surface area contributed by atoms with Crippen molar-refractivity contribution in [3.05, 3.63) is 0 Å². The molecule has 2 fully saturated rings. The van der Waals surface area contributed by atoms with Gasteiger partial charge in [0.15, 0.2) is 0 Å². The summed E-state index contributed by atoms with van der Waals surface area (Å²) in [5, 5.41) is 3.14. The second-order valence-electron chi connectivity index (χ2n) is 7.25. The average Bonchev–Trinajstić information content (AvgIpc) is 2.47. The fraction of sp³-hybridized carbons (Fsp3) is 0.833. The molecule has 0 unspecified atom stereocenters. The number of rotatable bonds is 5. The quantitative estimate of drug-likeness (QED) is 0.781. The lowest BCUT2D eigenvalue weighted by molar-refractivity contribution is -0.126. The first-order chi connectivity index (χ1) is 10.6. The summed E-state index contributed by atoms with van der Waals surface area (Å²) in [5.41, 5.74) is 0. The fourth-order valence-electron chi connectivity index (χ4n) is 3.94. The Bertz CT molecular complexity index is 386. The molecule has 0 bridgehead atoms. The maximum absolute atomic E-state index is 12.2. The minimum Gasteiger partial charge on any atom is -0.355 e. The minimum atomic E-state index is 0.174. The molecular formula is C18H31N3O. The monoisotopic (exact) mass is 305 g/mol. The van der Waals surface area contributed by atoms with Crippen LogP contribution in [0.4, 0.5) is 0 Å². The van der Waals surface area contributed by atoms with Crippen molar-refractivity contribution in [2.75, 3.05) is 45.8 Å². The number of nitrogens with zero attached hydrogens (tertiary/aromatic N) is 2. The zero-order valence-corrected chi connectivity index (χ0v) is 14.2. The maximum Gasteiger partial charge on any atom is 0.223 e. The maximum atomic E-state index is 12.2. The van der Waals surface area contributed by atoms with Gasteiger partial charge in [-0.2, -0.15) is 0 Å². The molecule has 2 saturated heterocycles. The summed E-state index contributed by atoms with van der Waals surface area (Å²) in [4.78, 5) is 17.0. The minimum absolute atomic E-state index is 0.174. The summed E-state index contributed by atoms with van der Waals surface area (Å²) in [6.07, 6.45) is 8.54. The number of hydrogen-bond donors (Lipinski definition) is 1. The van der Waals surface area contributed by atoms with Crippen molar-refractivity contribution >= 4 is 5.91 Å². The summed E-state index contributed by atoms with van der Waals surface area (Å²) in [6.45, 7) is 11.4. The Balaban J connectivity index is 1.63. The number of amides is 1. The van der Waals surface area contributed by atoms with E-state index in [0.717, 1.165) is 50.9 Å². The van der Waals surface area contributed by atoms with Crippen LogP contribution in [0.2, 0.25) is 0 Å². The van der Waals surface area contributed by atoms with E-state index >= 15 is 0 Å². The number of nitrogens with one attached hydrogen (secondary N) is 1. The molecule has 0 aromatic carbocycles. The van der Waals surface area contributed by atoms with Crippen LogP contribution in [0.3, 0.4) is 0 Å². The smallest absolute Gasteiger partial charge is 0.223 e. The van der Waals surface area contributed by atoms with Crippen LogP contribution in [-0.4, -0.2) is 61.5 Å². The van der Waals surface area contributed by atoms with E-state index in [1.54, 1.807) is 0 Å². The van der Waals surface area contributed by atoms with Crippen molar-refractivity contribution in [2.45, 2.75) is 33.1 Å². The molecular weight excluding hydrogens is 274 g/mol.